The van der Waals surface area contributed by atoms with Gasteiger partial charge in [0, 0.05) is 24.8 Å². The highest BCUT2D eigenvalue weighted by Gasteiger charge is 2.19. The minimum Gasteiger partial charge on any atom is -0.394 e. The van der Waals surface area contributed by atoms with Crippen LogP contribution in [0.4, 0.5) is 0 Å². The highest BCUT2D eigenvalue weighted by molar-refractivity contribution is 5.81. The van der Waals surface area contributed by atoms with E-state index in [2.05, 4.69) is 29.6 Å². The lowest BCUT2D eigenvalue weighted by Gasteiger charge is -2.19. The maximum absolute atomic E-state index is 11.9. The Bertz CT molecular complexity index is 468. The number of nitrogens with one attached hydrogen (secondary N) is 2. The first-order valence-electron chi connectivity index (χ1n) is 7.49. The van der Waals surface area contributed by atoms with Gasteiger partial charge < -0.3 is 15.7 Å². The molecule has 0 radical (unpaired) electrons. The van der Waals surface area contributed by atoms with Crippen LogP contribution in [0.3, 0.4) is 0 Å². The van der Waals surface area contributed by atoms with Crippen molar-refractivity contribution in [2.75, 3.05) is 13.7 Å². The fraction of sp³-hybridized carbons (Fsp3) is 0.733. The minimum atomic E-state index is -0.199. The van der Waals surface area contributed by atoms with Crippen LogP contribution in [0, 0.1) is 19.8 Å². The Balaban J connectivity index is 2.77. The third-order valence-corrected chi connectivity index (χ3v) is 3.64. The number of hydrogen-bond acceptors (Lipinski definition) is 4. The molecule has 120 valence electrons. The molecule has 1 rings (SSSR count). The second-order valence-electron chi connectivity index (χ2n) is 5.77. The highest BCUT2D eigenvalue weighted by Crippen LogP contribution is 2.14. The van der Waals surface area contributed by atoms with E-state index in [9.17, 15) is 4.79 Å². The molecule has 1 unspecified atom stereocenters. The largest absolute Gasteiger partial charge is 0.394 e. The molecule has 1 aromatic heterocycles. The first-order chi connectivity index (χ1) is 9.90. The van der Waals surface area contributed by atoms with Crippen LogP contribution in [-0.4, -0.2) is 40.5 Å². The molecule has 1 amide bonds. The maximum atomic E-state index is 11.9. The molecular formula is C15H28N4O2. The number of carbonyl (C=O) groups is 1. The Hall–Kier alpha value is -1.40. The Kier molecular flexibility index (Phi) is 6.84. The summed E-state index contributed by atoms with van der Waals surface area (Å²) in [5, 5.41) is 19.5. The van der Waals surface area contributed by atoms with Gasteiger partial charge in [0.25, 0.3) is 0 Å². The molecule has 0 aliphatic carbocycles. The van der Waals surface area contributed by atoms with Gasteiger partial charge in [-0.05, 0) is 26.2 Å². The van der Waals surface area contributed by atoms with Gasteiger partial charge in [-0.3, -0.25) is 9.48 Å². The molecular weight excluding hydrogens is 268 g/mol. The molecule has 0 saturated heterocycles. The SMILES string of the molecule is CNC(=O)C(CC(C)C)NCc1c(C)nn(CCO)c1C. The van der Waals surface area contributed by atoms with Crippen molar-refractivity contribution in [2.24, 2.45) is 5.92 Å². The average molecular weight is 296 g/mol. The molecule has 6 nitrogen and oxygen atoms in total. The van der Waals surface area contributed by atoms with E-state index in [1.54, 1.807) is 7.05 Å². The molecule has 0 aliphatic rings. The van der Waals surface area contributed by atoms with Crippen molar-refractivity contribution in [2.45, 2.75) is 53.2 Å². The van der Waals surface area contributed by atoms with Crippen LogP contribution in [0.25, 0.3) is 0 Å². The van der Waals surface area contributed by atoms with Gasteiger partial charge in [-0.2, -0.15) is 5.10 Å². The quantitative estimate of drug-likeness (QED) is 0.661. The highest BCUT2D eigenvalue weighted by atomic mass is 16.3. The van der Waals surface area contributed by atoms with Gasteiger partial charge in [0.15, 0.2) is 0 Å². The van der Waals surface area contributed by atoms with Crippen molar-refractivity contribution in [3.05, 3.63) is 17.0 Å². The van der Waals surface area contributed by atoms with E-state index in [0.717, 1.165) is 23.4 Å². The topological polar surface area (TPSA) is 79.2 Å². The zero-order valence-corrected chi connectivity index (χ0v) is 13.7. The van der Waals surface area contributed by atoms with Gasteiger partial charge in [0.05, 0.1) is 24.9 Å². The van der Waals surface area contributed by atoms with Crippen molar-refractivity contribution in [1.29, 1.82) is 0 Å². The molecule has 6 heteroatoms. The van der Waals surface area contributed by atoms with Crippen LogP contribution in [0.2, 0.25) is 0 Å². The number of carbonyl (C=O) groups excluding carboxylic acids is 1. The van der Waals surface area contributed by atoms with E-state index in [1.807, 2.05) is 18.5 Å². The van der Waals surface area contributed by atoms with Crippen molar-refractivity contribution < 1.29 is 9.90 Å². The fourth-order valence-corrected chi connectivity index (χ4v) is 2.46. The van der Waals surface area contributed by atoms with Crippen LogP contribution >= 0.6 is 0 Å². The van der Waals surface area contributed by atoms with E-state index in [0.29, 0.717) is 19.0 Å². The Morgan fingerprint density at radius 2 is 2.05 bits per heavy atom. The van der Waals surface area contributed by atoms with Gasteiger partial charge in [-0.15, -0.1) is 0 Å². The normalized spacial score (nSPS) is 12.7. The number of rotatable bonds is 8. The summed E-state index contributed by atoms with van der Waals surface area (Å²) in [4.78, 5) is 11.9. The Morgan fingerprint density at radius 1 is 1.38 bits per heavy atom. The van der Waals surface area contributed by atoms with Crippen molar-refractivity contribution in [3.8, 4) is 0 Å². The lowest BCUT2D eigenvalue weighted by molar-refractivity contribution is -0.123. The fourth-order valence-electron chi connectivity index (χ4n) is 2.46. The maximum Gasteiger partial charge on any atom is 0.236 e. The van der Waals surface area contributed by atoms with Crippen LogP contribution in [0.1, 0.15) is 37.2 Å². The number of aryl methyl sites for hydroxylation is 1. The van der Waals surface area contributed by atoms with E-state index in [4.69, 9.17) is 5.11 Å². The van der Waals surface area contributed by atoms with Gasteiger partial charge in [0.2, 0.25) is 5.91 Å². The van der Waals surface area contributed by atoms with Crippen LogP contribution in [-0.2, 0) is 17.9 Å². The Morgan fingerprint density at radius 3 is 2.57 bits per heavy atom. The average Bonchev–Trinajstić information content (AvgIpc) is 2.69. The van der Waals surface area contributed by atoms with E-state index in [-0.39, 0.29) is 18.6 Å². The van der Waals surface area contributed by atoms with Crippen molar-refractivity contribution >= 4 is 5.91 Å². The standard InChI is InChI=1S/C15H28N4O2/c1-10(2)8-14(15(21)16-5)17-9-13-11(3)18-19(6-7-20)12(13)4/h10,14,17,20H,6-9H2,1-5H3,(H,16,21). The summed E-state index contributed by atoms with van der Waals surface area (Å²) in [5.74, 6) is 0.459. The zero-order valence-electron chi connectivity index (χ0n) is 13.7. The number of aliphatic hydroxyl groups excluding tert-OH is 1. The smallest absolute Gasteiger partial charge is 0.236 e. The molecule has 1 atom stereocenters. The van der Waals surface area contributed by atoms with Gasteiger partial charge in [-0.1, -0.05) is 13.8 Å². The molecule has 1 aromatic rings. The first-order valence-corrected chi connectivity index (χ1v) is 7.49. The summed E-state index contributed by atoms with van der Waals surface area (Å²) in [6.07, 6.45) is 0.794. The number of aliphatic hydroxyl groups is 1. The summed E-state index contributed by atoms with van der Waals surface area (Å²) in [6, 6.07) is -0.199. The molecule has 21 heavy (non-hydrogen) atoms. The molecule has 0 fully saturated rings. The summed E-state index contributed by atoms with van der Waals surface area (Å²) in [5.41, 5.74) is 3.07. The third-order valence-electron chi connectivity index (χ3n) is 3.64. The number of likely N-dealkylation sites (N-methyl/N-ethyl adjacent to an activating group) is 1. The minimum absolute atomic E-state index is 0.0155. The molecule has 0 aliphatic heterocycles. The second-order valence-corrected chi connectivity index (χ2v) is 5.77. The molecule has 3 N–H and O–H groups in total. The first kappa shape index (κ1) is 17.7. The number of amides is 1. The summed E-state index contributed by atoms with van der Waals surface area (Å²) in [7, 11) is 1.66. The molecule has 0 saturated carbocycles. The molecule has 0 aromatic carbocycles. The summed E-state index contributed by atoms with van der Waals surface area (Å²) in [6.45, 7) is 9.33. The molecule has 1 heterocycles. The number of aromatic nitrogens is 2. The lowest BCUT2D eigenvalue weighted by atomic mass is 10.0. The summed E-state index contributed by atoms with van der Waals surface area (Å²) >= 11 is 0. The van der Waals surface area contributed by atoms with E-state index < -0.39 is 0 Å². The van der Waals surface area contributed by atoms with Crippen LogP contribution in [0.15, 0.2) is 0 Å². The number of hydrogen-bond donors (Lipinski definition) is 3. The monoisotopic (exact) mass is 296 g/mol. The second kappa shape index (κ2) is 8.14. The third kappa shape index (κ3) is 4.82. The van der Waals surface area contributed by atoms with Gasteiger partial charge in [-0.25, -0.2) is 0 Å². The van der Waals surface area contributed by atoms with Crippen LogP contribution < -0.4 is 10.6 Å². The van der Waals surface area contributed by atoms with E-state index >= 15 is 0 Å². The summed E-state index contributed by atoms with van der Waals surface area (Å²) < 4.78 is 1.81. The zero-order chi connectivity index (χ0) is 16.0. The number of nitrogens with zero attached hydrogens (tertiary/aromatic N) is 2. The predicted octanol–water partition coefficient (Wildman–Crippen LogP) is 0.743. The van der Waals surface area contributed by atoms with Gasteiger partial charge >= 0.3 is 0 Å². The predicted molar refractivity (Wildman–Crippen MR) is 82.9 cm³/mol. The molecule has 0 bridgehead atoms. The molecule has 0 spiro atoms. The van der Waals surface area contributed by atoms with Crippen molar-refractivity contribution in [3.63, 3.8) is 0 Å². The van der Waals surface area contributed by atoms with Crippen molar-refractivity contribution in [1.82, 2.24) is 20.4 Å². The Labute approximate surface area is 126 Å². The lowest BCUT2D eigenvalue weighted by Crippen LogP contribution is -2.43. The van der Waals surface area contributed by atoms with Crippen LogP contribution in [0.5, 0.6) is 0 Å². The van der Waals surface area contributed by atoms with Gasteiger partial charge in [0.1, 0.15) is 0 Å². The van der Waals surface area contributed by atoms with E-state index in [1.165, 1.54) is 0 Å².